The van der Waals surface area contributed by atoms with Crippen LogP contribution in [0.5, 0.6) is 5.75 Å². The van der Waals surface area contributed by atoms with Crippen LogP contribution in [0.4, 0.5) is 5.69 Å². The monoisotopic (exact) mass is 369 g/mol. The lowest BCUT2D eigenvalue weighted by Crippen LogP contribution is -2.06. The summed E-state index contributed by atoms with van der Waals surface area (Å²) in [6.07, 6.45) is 1.21. The lowest BCUT2D eigenvalue weighted by atomic mass is 10.2. The summed E-state index contributed by atoms with van der Waals surface area (Å²) in [6, 6.07) is 12.6. The van der Waals surface area contributed by atoms with E-state index in [2.05, 4.69) is 21.2 Å². The van der Waals surface area contributed by atoms with Gasteiger partial charge >= 0.3 is 0 Å². The number of halogens is 1. The van der Waals surface area contributed by atoms with Crippen molar-refractivity contribution < 1.29 is 13.2 Å². The number of ether oxygens (including phenoxy) is 1. The molecule has 0 radical (unpaired) electrons. The molecule has 2 aromatic rings. The Morgan fingerprint density at radius 1 is 1.19 bits per heavy atom. The quantitative estimate of drug-likeness (QED) is 0.876. The number of benzene rings is 2. The van der Waals surface area contributed by atoms with E-state index in [9.17, 15) is 8.42 Å². The highest BCUT2D eigenvalue weighted by Crippen LogP contribution is 2.26. The molecule has 0 atom stereocenters. The number of sulfone groups is 1. The zero-order chi connectivity index (χ0) is 15.5. The molecule has 0 aliphatic rings. The average molecular weight is 370 g/mol. The van der Waals surface area contributed by atoms with Gasteiger partial charge in [-0.15, -0.1) is 0 Å². The lowest BCUT2D eigenvalue weighted by Gasteiger charge is -2.12. The average Bonchev–Trinajstić information content (AvgIpc) is 2.44. The Morgan fingerprint density at radius 3 is 2.52 bits per heavy atom. The standard InChI is InChI=1S/C15H16BrNO3S/c1-20-14-8-7-11(9-12(14)16)10-17-13-5-3-4-6-15(13)21(2,18)19/h3-9,17H,10H2,1-2H3. The molecule has 0 aliphatic heterocycles. The molecular weight excluding hydrogens is 354 g/mol. The van der Waals surface area contributed by atoms with E-state index in [0.717, 1.165) is 15.8 Å². The van der Waals surface area contributed by atoms with Crippen LogP contribution in [-0.2, 0) is 16.4 Å². The first-order valence-electron chi connectivity index (χ1n) is 6.27. The fourth-order valence-corrected chi connectivity index (χ4v) is 3.41. The van der Waals surface area contributed by atoms with Crippen molar-refractivity contribution in [3.05, 3.63) is 52.5 Å². The highest BCUT2D eigenvalue weighted by molar-refractivity contribution is 9.10. The van der Waals surface area contributed by atoms with E-state index in [1.54, 1.807) is 31.4 Å². The number of hydrogen-bond acceptors (Lipinski definition) is 4. The van der Waals surface area contributed by atoms with Gasteiger partial charge in [-0.2, -0.15) is 0 Å². The Balaban J connectivity index is 2.19. The first kappa shape index (κ1) is 15.9. The van der Waals surface area contributed by atoms with Gasteiger partial charge in [-0.1, -0.05) is 18.2 Å². The van der Waals surface area contributed by atoms with Crippen molar-refractivity contribution in [2.45, 2.75) is 11.4 Å². The Morgan fingerprint density at radius 2 is 1.90 bits per heavy atom. The summed E-state index contributed by atoms with van der Waals surface area (Å²) in [4.78, 5) is 0.303. The molecule has 0 saturated heterocycles. The number of para-hydroxylation sites is 1. The summed E-state index contributed by atoms with van der Waals surface area (Å²) >= 11 is 3.43. The molecule has 0 fully saturated rings. The van der Waals surface area contributed by atoms with Gasteiger partial charge in [-0.25, -0.2) is 8.42 Å². The van der Waals surface area contributed by atoms with Gasteiger partial charge in [0.2, 0.25) is 0 Å². The minimum absolute atomic E-state index is 0.303. The molecule has 0 unspecified atom stereocenters. The Hall–Kier alpha value is -1.53. The summed E-state index contributed by atoms with van der Waals surface area (Å²) in [6.45, 7) is 0.523. The molecule has 0 heterocycles. The molecule has 0 amide bonds. The van der Waals surface area contributed by atoms with E-state index in [0.29, 0.717) is 17.1 Å². The molecule has 0 bridgehead atoms. The van der Waals surface area contributed by atoms with Crippen LogP contribution in [0.2, 0.25) is 0 Å². The van der Waals surface area contributed by atoms with Crippen LogP contribution in [0.3, 0.4) is 0 Å². The van der Waals surface area contributed by atoms with Gasteiger partial charge in [0.1, 0.15) is 5.75 Å². The first-order chi connectivity index (χ1) is 9.91. The van der Waals surface area contributed by atoms with E-state index in [1.807, 2.05) is 18.2 Å². The lowest BCUT2D eigenvalue weighted by molar-refractivity contribution is 0.412. The largest absolute Gasteiger partial charge is 0.496 e. The molecule has 2 rings (SSSR count). The minimum atomic E-state index is -3.25. The molecule has 0 aromatic heterocycles. The van der Waals surface area contributed by atoms with Gasteiger partial charge in [0, 0.05) is 12.8 Å². The SMILES string of the molecule is COc1ccc(CNc2ccccc2S(C)(=O)=O)cc1Br. The minimum Gasteiger partial charge on any atom is -0.496 e. The highest BCUT2D eigenvalue weighted by Gasteiger charge is 2.12. The van der Waals surface area contributed by atoms with Gasteiger partial charge in [-0.3, -0.25) is 0 Å². The van der Waals surface area contributed by atoms with Crippen molar-refractivity contribution in [1.29, 1.82) is 0 Å². The molecule has 2 aromatic carbocycles. The Labute approximate surface area is 133 Å². The van der Waals surface area contributed by atoms with Crippen molar-refractivity contribution >= 4 is 31.5 Å². The van der Waals surface area contributed by atoms with Gasteiger partial charge < -0.3 is 10.1 Å². The normalized spacial score (nSPS) is 11.2. The molecule has 112 valence electrons. The molecule has 1 N–H and O–H groups in total. The zero-order valence-electron chi connectivity index (χ0n) is 11.8. The third-order valence-corrected chi connectivity index (χ3v) is 4.76. The predicted molar refractivity (Wildman–Crippen MR) is 87.6 cm³/mol. The van der Waals surface area contributed by atoms with Crippen LogP contribution < -0.4 is 10.1 Å². The zero-order valence-corrected chi connectivity index (χ0v) is 14.2. The van der Waals surface area contributed by atoms with Crippen molar-refractivity contribution in [3.63, 3.8) is 0 Å². The van der Waals surface area contributed by atoms with Crippen LogP contribution in [0.25, 0.3) is 0 Å². The van der Waals surface area contributed by atoms with Crippen LogP contribution in [-0.4, -0.2) is 21.8 Å². The van der Waals surface area contributed by atoms with E-state index < -0.39 is 9.84 Å². The fraction of sp³-hybridized carbons (Fsp3) is 0.200. The number of hydrogen-bond donors (Lipinski definition) is 1. The smallest absolute Gasteiger partial charge is 0.177 e. The summed E-state index contributed by atoms with van der Waals surface area (Å²) in [5.74, 6) is 0.760. The molecule has 0 saturated carbocycles. The maximum Gasteiger partial charge on any atom is 0.177 e. The van der Waals surface area contributed by atoms with Crippen LogP contribution in [0.1, 0.15) is 5.56 Å². The van der Waals surface area contributed by atoms with E-state index >= 15 is 0 Å². The number of nitrogens with one attached hydrogen (secondary N) is 1. The Kier molecular flexibility index (Phi) is 4.90. The maximum atomic E-state index is 11.7. The summed E-state index contributed by atoms with van der Waals surface area (Å²) < 4.78 is 29.5. The van der Waals surface area contributed by atoms with Gasteiger partial charge in [0.25, 0.3) is 0 Å². The molecule has 6 heteroatoms. The molecule has 4 nitrogen and oxygen atoms in total. The second-order valence-electron chi connectivity index (χ2n) is 4.59. The van der Waals surface area contributed by atoms with Gasteiger partial charge in [0.05, 0.1) is 22.2 Å². The predicted octanol–water partition coefficient (Wildman–Crippen LogP) is 3.47. The fourth-order valence-electron chi connectivity index (χ4n) is 1.95. The number of methoxy groups -OCH3 is 1. The van der Waals surface area contributed by atoms with E-state index in [1.165, 1.54) is 6.26 Å². The number of rotatable bonds is 5. The summed E-state index contributed by atoms with van der Waals surface area (Å²) in [7, 11) is -1.64. The van der Waals surface area contributed by atoms with Crippen LogP contribution >= 0.6 is 15.9 Å². The van der Waals surface area contributed by atoms with E-state index in [-0.39, 0.29) is 0 Å². The topological polar surface area (TPSA) is 55.4 Å². The highest BCUT2D eigenvalue weighted by atomic mass is 79.9. The maximum absolute atomic E-state index is 11.7. The summed E-state index contributed by atoms with van der Waals surface area (Å²) in [5, 5.41) is 3.16. The van der Waals surface area contributed by atoms with Crippen molar-refractivity contribution in [1.82, 2.24) is 0 Å². The van der Waals surface area contributed by atoms with Crippen LogP contribution in [0.15, 0.2) is 51.8 Å². The third-order valence-electron chi connectivity index (χ3n) is 2.99. The number of anilines is 1. The van der Waals surface area contributed by atoms with Crippen molar-refractivity contribution in [3.8, 4) is 5.75 Å². The van der Waals surface area contributed by atoms with Gasteiger partial charge in [0.15, 0.2) is 9.84 Å². The van der Waals surface area contributed by atoms with Crippen molar-refractivity contribution in [2.24, 2.45) is 0 Å². The van der Waals surface area contributed by atoms with Crippen molar-refractivity contribution in [2.75, 3.05) is 18.7 Å². The molecule has 21 heavy (non-hydrogen) atoms. The third kappa shape index (κ3) is 3.98. The van der Waals surface area contributed by atoms with Crippen LogP contribution in [0, 0.1) is 0 Å². The van der Waals surface area contributed by atoms with Gasteiger partial charge in [-0.05, 0) is 45.8 Å². The van der Waals surface area contributed by atoms with E-state index in [4.69, 9.17) is 4.74 Å². The Bertz CT molecular complexity index is 744. The molecule has 0 aliphatic carbocycles. The summed E-state index contributed by atoms with van der Waals surface area (Å²) in [5.41, 5.74) is 1.62. The molecule has 0 spiro atoms. The second kappa shape index (κ2) is 6.49. The first-order valence-corrected chi connectivity index (χ1v) is 8.95. The second-order valence-corrected chi connectivity index (χ2v) is 7.43. The molecular formula is C15H16BrNO3S.